The average molecular weight is 301 g/mol. The zero-order valence-electron chi connectivity index (χ0n) is 12.4. The summed E-state index contributed by atoms with van der Waals surface area (Å²) in [6.07, 6.45) is 1.78. The quantitative estimate of drug-likeness (QED) is 0.850. The largest absolute Gasteiger partial charge is 0.382 e. The fourth-order valence-corrected chi connectivity index (χ4v) is 2.24. The van der Waals surface area contributed by atoms with E-state index in [9.17, 15) is 9.59 Å². The lowest BCUT2D eigenvalue weighted by Gasteiger charge is -2.15. The molecule has 1 aromatic carbocycles. The zero-order chi connectivity index (χ0) is 15.5. The van der Waals surface area contributed by atoms with E-state index in [2.05, 4.69) is 15.8 Å². The van der Waals surface area contributed by atoms with Gasteiger partial charge >= 0.3 is 0 Å². The van der Waals surface area contributed by atoms with Gasteiger partial charge in [0.1, 0.15) is 6.04 Å². The van der Waals surface area contributed by atoms with Gasteiger partial charge in [-0.25, -0.2) is 0 Å². The number of hydrogen-bond donors (Lipinski definition) is 2. The molecular formula is C16H19N3O3. The molecule has 2 N–H and O–H groups in total. The van der Waals surface area contributed by atoms with Crippen LogP contribution in [0.15, 0.2) is 35.5 Å². The van der Waals surface area contributed by atoms with Crippen molar-refractivity contribution in [3.05, 3.63) is 35.9 Å². The second-order valence-electron chi connectivity index (χ2n) is 5.72. The van der Waals surface area contributed by atoms with Crippen molar-refractivity contribution in [3.8, 4) is 0 Å². The third-order valence-electron chi connectivity index (χ3n) is 3.74. The van der Waals surface area contributed by atoms with Gasteiger partial charge in [-0.2, -0.15) is 0 Å². The third kappa shape index (κ3) is 3.44. The molecule has 0 saturated heterocycles. The van der Waals surface area contributed by atoms with Crippen molar-refractivity contribution in [2.75, 3.05) is 0 Å². The Labute approximate surface area is 128 Å². The summed E-state index contributed by atoms with van der Waals surface area (Å²) < 4.78 is 0. The van der Waals surface area contributed by atoms with E-state index in [0.29, 0.717) is 6.42 Å². The molecule has 3 rings (SSSR count). The predicted octanol–water partition coefficient (Wildman–Crippen LogP) is 0.963. The van der Waals surface area contributed by atoms with Crippen molar-refractivity contribution < 1.29 is 14.4 Å². The summed E-state index contributed by atoms with van der Waals surface area (Å²) >= 11 is 0. The SMILES string of the molecule is C[C@H](NC(=O)[C@@H]1CC(c2ccccc2)=NO1)C(=O)NC1CC1. The smallest absolute Gasteiger partial charge is 0.264 e. The maximum absolute atomic E-state index is 12.1. The second kappa shape index (κ2) is 6.17. The maximum atomic E-state index is 12.1. The molecule has 1 fully saturated rings. The molecule has 22 heavy (non-hydrogen) atoms. The molecule has 6 heteroatoms. The number of oxime groups is 1. The number of nitrogens with zero attached hydrogens (tertiary/aromatic N) is 1. The normalized spacial score (nSPS) is 21.5. The first kappa shape index (κ1) is 14.6. The number of hydrogen-bond acceptors (Lipinski definition) is 4. The lowest BCUT2D eigenvalue weighted by molar-refractivity contribution is -0.135. The molecule has 1 heterocycles. The molecule has 1 aliphatic carbocycles. The van der Waals surface area contributed by atoms with Crippen LogP contribution in [0.4, 0.5) is 0 Å². The third-order valence-corrected chi connectivity index (χ3v) is 3.74. The van der Waals surface area contributed by atoms with Crippen LogP contribution >= 0.6 is 0 Å². The first-order valence-electron chi connectivity index (χ1n) is 7.52. The minimum atomic E-state index is -0.675. The summed E-state index contributed by atoms with van der Waals surface area (Å²) in [4.78, 5) is 29.2. The van der Waals surface area contributed by atoms with Crippen molar-refractivity contribution in [2.45, 2.75) is 44.4 Å². The summed E-state index contributed by atoms with van der Waals surface area (Å²) in [5.41, 5.74) is 1.69. The van der Waals surface area contributed by atoms with Gasteiger partial charge in [-0.15, -0.1) is 0 Å². The van der Waals surface area contributed by atoms with E-state index in [4.69, 9.17) is 4.84 Å². The van der Waals surface area contributed by atoms with Gasteiger partial charge in [-0.3, -0.25) is 9.59 Å². The maximum Gasteiger partial charge on any atom is 0.264 e. The van der Waals surface area contributed by atoms with Crippen LogP contribution in [0.3, 0.4) is 0 Å². The Morgan fingerprint density at radius 1 is 1.27 bits per heavy atom. The Kier molecular flexibility index (Phi) is 4.09. The first-order valence-corrected chi connectivity index (χ1v) is 7.52. The standard InChI is InChI=1S/C16H19N3O3/c1-10(15(20)18-12-7-8-12)17-16(21)14-9-13(19-22-14)11-5-3-2-4-6-11/h2-6,10,12,14H,7-9H2,1H3,(H,17,21)(H,18,20)/t10-,14-/m0/s1. The van der Waals surface area contributed by atoms with Gasteiger partial charge < -0.3 is 15.5 Å². The minimum Gasteiger partial charge on any atom is -0.382 e. The Hall–Kier alpha value is -2.37. The lowest BCUT2D eigenvalue weighted by atomic mass is 10.0. The predicted molar refractivity (Wildman–Crippen MR) is 81.2 cm³/mol. The zero-order valence-corrected chi connectivity index (χ0v) is 12.4. The van der Waals surface area contributed by atoms with Gasteiger partial charge in [0.2, 0.25) is 12.0 Å². The number of rotatable bonds is 5. The summed E-state index contributed by atoms with van der Waals surface area (Å²) in [5.74, 6) is -0.467. The van der Waals surface area contributed by atoms with Crippen LogP contribution < -0.4 is 10.6 Å². The molecule has 1 saturated carbocycles. The highest BCUT2D eigenvalue weighted by Gasteiger charge is 2.32. The highest BCUT2D eigenvalue weighted by Crippen LogP contribution is 2.19. The Bertz CT molecular complexity index is 596. The molecule has 0 unspecified atom stereocenters. The van der Waals surface area contributed by atoms with Crippen LogP contribution in [0.1, 0.15) is 31.7 Å². The molecule has 0 radical (unpaired) electrons. The minimum absolute atomic E-state index is 0.155. The molecule has 2 aliphatic rings. The molecule has 116 valence electrons. The number of amides is 2. The van der Waals surface area contributed by atoms with Crippen molar-refractivity contribution in [1.29, 1.82) is 0 Å². The van der Waals surface area contributed by atoms with Gasteiger partial charge in [-0.05, 0) is 25.3 Å². The van der Waals surface area contributed by atoms with Gasteiger partial charge in [0.05, 0.1) is 5.71 Å². The molecule has 0 aromatic heterocycles. The first-order chi connectivity index (χ1) is 10.6. The summed E-state index contributed by atoms with van der Waals surface area (Å²) in [6, 6.07) is 9.30. The van der Waals surface area contributed by atoms with E-state index in [0.717, 1.165) is 24.1 Å². The van der Waals surface area contributed by atoms with Crippen LogP contribution in [0.2, 0.25) is 0 Å². The van der Waals surface area contributed by atoms with E-state index in [-0.39, 0.29) is 17.9 Å². The number of nitrogens with one attached hydrogen (secondary N) is 2. The fourth-order valence-electron chi connectivity index (χ4n) is 2.24. The summed E-state index contributed by atoms with van der Waals surface area (Å²) in [6.45, 7) is 1.67. The van der Waals surface area contributed by atoms with E-state index in [1.807, 2.05) is 30.3 Å². The molecule has 0 spiro atoms. The number of carbonyl (C=O) groups excluding carboxylic acids is 2. The monoisotopic (exact) mass is 301 g/mol. The molecule has 2 amide bonds. The molecular weight excluding hydrogens is 282 g/mol. The van der Waals surface area contributed by atoms with Crippen LogP contribution in [-0.2, 0) is 14.4 Å². The van der Waals surface area contributed by atoms with Crippen molar-refractivity contribution in [1.82, 2.24) is 10.6 Å². The molecule has 1 aromatic rings. The van der Waals surface area contributed by atoms with Crippen LogP contribution in [0.25, 0.3) is 0 Å². The highest BCUT2D eigenvalue weighted by molar-refractivity contribution is 6.04. The van der Waals surface area contributed by atoms with Crippen LogP contribution in [0.5, 0.6) is 0 Å². The van der Waals surface area contributed by atoms with Crippen molar-refractivity contribution in [3.63, 3.8) is 0 Å². The Morgan fingerprint density at radius 3 is 2.68 bits per heavy atom. The Balaban J connectivity index is 1.50. The van der Waals surface area contributed by atoms with Crippen molar-refractivity contribution >= 4 is 17.5 Å². The molecule has 0 bridgehead atoms. The van der Waals surface area contributed by atoms with E-state index < -0.39 is 12.1 Å². The molecule has 1 aliphatic heterocycles. The van der Waals surface area contributed by atoms with Crippen LogP contribution in [-0.4, -0.2) is 35.7 Å². The number of benzene rings is 1. The average Bonchev–Trinajstić information content (AvgIpc) is 3.19. The summed E-state index contributed by atoms with van der Waals surface area (Å²) in [5, 5.41) is 9.51. The van der Waals surface area contributed by atoms with E-state index >= 15 is 0 Å². The molecule has 6 nitrogen and oxygen atoms in total. The van der Waals surface area contributed by atoms with Crippen molar-refractivity contribution in [2.24, 2.45) is 5.16 Å². The topological polar surface area (TPSA) is 79.8 Å². The van der Waals surface area contributed by atoms with Gasteiger partial charge in [0, 0.05) is 12.5 Å². The van der Waals surface area contributed by atoms with Gasteiger partial charge in [-0.1, -0.05) is 35.5 Å². The number of carbonyl (C=O) groups is 2. The summed E-state index contributed by atoms with van der Waals surface area (Å²) in [7, 11) is 0. The Morgan fingerprint density at radius 2 is 2.00 bits per heavy atom. The van der Waals surface area contributed by atoms with E-state index in [1.54, 1.807) is 6.92 Å². The second-order valence-corrected chi connectivity index (χ2v) is 5.72. The van der Waals surface area contributed by atoms with Crippen LogP contribution in [0, 0.1) is 0 Å². The molecule has 2 atom stereocenters. The lowest BCUT2D eigenvalue weighted by Crippen LogP contribution is -2.48. The van der Waals surface area contributed by atoms with Gasteiger partial charge in [0.15, 0.2) is 0 Å². The fraction of sp³-hybridized carbons (Fsp3) is 0.438. The highest BCUT2D eigenvalue weighted by atomic mass is 16.6. The van der Waals surface area contributed by atoms with Gasteiger partial charge in [0.25, 0.3) is 5.91 Å². The van der Waals surface area contributed by atoms with E-state index in [1.165, 1.54) is 0 Å².